The van der Waals surface area contributed by atoms with Crippen molar-refractivity contribution >= 4 is 23.3 Å². The number of benzene rings is 2. The second-order valence-electron chi connectivity index (χ2n) is 6.61. The average Bonchev–Trinajstić information content (AvgIpc) is 3.09. The largest absolute Gasteiger partial charge is 0.573 e. The minimum Gasteiger partial charge on any atom is -0.406 e. The van der Waals surface area contributed by atoms with Crippen LogP contribution in [0.1, 0.15) is 12.0 Å². The van der Waals surface area contributed by atoms with Crippen LogP contribution in [-0.2, 0) is 17.8 Å². The minimum absolute atomic E-state index is 0.111. The van der Waals surface area contributed by atoms with Gasteiger partial charge in [0.1, 0.15) is 11.6 Å². The van der Waals surface area contributed by atoms with Gasteiger partial charge in [-0.3, -0.25) is 4.79 Å². The molecular weight excluding hydrogens is 435 g/mol. The van der Waals surface area contributed by atoms with Crippen LogP contribution in [0.5, 0.6) is 5.75 Å². The predicted molar refractivity (Wildman–Crippen MR) is 110 cm³/mol. The smallest absolute Gasteiger partial charge is 0.406 e. The molecule has 0 aliphatic rings. The van der Waals surface area contributed by atoms with Gasteiger partial charge in [0.15, 0.2) is 0 Å². The molecule has 0 radical (unpaired) electrons. The van der Waals surface area contributed by atoms with Gasteiger partial charge in [0.25, 0.3) is 0 Å². The van der Waals surface area contributed by atoms with Gasteiger partial charge in [-0.2, -0.15) is 5.10 Å². The fraction of sp³-hybridized carbons (Fsp3) is 0.238. The molecule has 6 nitrogen and oxygen atoms in total. The molecule has 0 fully saturated rings. The summed E-state index contributed by atoms with van der Waals surface area (Å²) in [6.45, 7) is 0.0425. The lowest BCUT2D eigenvalue weighted by Gasteiger charge is -2.10. The van der Waals surface area contributed by atoms with E-state index in [-0.39, 0.29) is 31.2 Å². The monoisotopic (exact) mass is 453 g/mol. The van der Waals surface area contributed by atoms with Crippen molar-refractivity contribution in [3.8, 4) is 17.0 Å². The highest BCUT2D eigenvalue weighted by molar-refractivity contribution is 6.30. The molecule has 0 unspecified atom stereocenters. The van der Waals surface area contributed by atoms with E-state index in [1.54, 1.807) is 30.3 Å². The van der Waals surface area contributed by atoms with Gasteiger partial charge in [-0.15, -0.1) is 13.2 Å². The van der Waals surface area contributed by atoms with Gasteiger partial charge in [-0.05, 0) is 36.2 Å². The van der Waals surface area contributed by atoms with Crippen LogP contribution in [-0.4, -0.2) is 33.8 Å². The van der Waals surface area contributed by atoms with Gasteiger partial charge >= 0.3 is 6.36 Å². The van der Waals surface area contributed by atoms with Crippen molar-refractivity contribution in [1.82, 2.24) is 9.78 Å². The Morgan fingerprint density at radius 2 is 1.81 bits per heavy atom. The van der Waals surface area contributed by atoms with E-state index in [2.05, 4.69) is 15.2 Å². The van der Waals surface area contributed by atoms with E-state index < -0.39 is 6.36 Å². The number of hydrogen-bond acceptors (Lipinski definition) is 4. The van der Waals surface area contributed by atoms with Crippen LogP contribution in [0.25, 0.3) is 11.3 Å². The summed E-state index contributed by atoms with van der Waals surface area (Å²) >= 11 is 5.90. The van der Waals surface area contributed by atoms with E-state index in [0.717, 1.165) is 5.56 Å². The number of nitrogens with one attached hydrogen (secondary N) is 1. The molecule has 1 heterocycles. The molecule has 164 valence electrons. The van der Waals surface area contributed by atoms with E-state index in [0.29, 0.717) is 28.5 Å². The number of amides is 1. The first-order valence-electron chi connectivity index (χ1n) is 9.33. The second-order valence-corrected chi connectivity index (χ2v) is 7.04. The van der Waals surface area contributed by atoms with Crippen molar-refractivity contribution in [2.75, 3.05) is 11.9 Å². The molecule has 0 atom stereocenters. The fourth-order valence-electron chi connectivity index (χ4n) is 2.87. The van der Waals surface area contributed by atoms with Gasteiger partial charge in [0.2, 0.25) is 5.91 Å². The van der Waals surface area contributed by atoms with Gasteiger partial charge < -0.3 is 15.2 Å². The highest BCUT2D eigenvalue weighted by Gasteiger charge is 2.30. The summed E-state index contributed by atoms with van der Waals surface area (Å²) in [5.74, 6) is -0.182. The molecule has 3 rings (SSSR count). The highest BCUT2D eigenvalue weighted by Crippen LogP contribution is 2.25. The normalized spacial score (nSPS) is 11.4. The maximum atomic E-state index is 12.4. The van der Waals surface area contributed by atoms with E-state index in [1.807, 2.05) is 0 Å². The molecule has 1 aromatic heterocycles. The van der Waals surface area contributed by atoms with Crippen molar-refractivity contribution in [1.29, 1.82) is 0 Å². The van der Waals surface area contributed by atoms with Crippen molar-refractivity contribution < 1.29 is 27.8 Å². The molecule has 0 aliphatic heterocycles. The van der Waals surface area contributed by atoms with Gasteiger partial charge in [0.05, 0.1) is 18.8 Å². The zero-order chi connectivity index (χ0) is 22.4. The van der Waals surface area contributed by atoms with Crippen LogP contribution in [0.2, 0.25) is 5.02 Å². The van der Waals surface area contributed by atoms with E-state index in [9.17, 15) is 23.1 Å². The zero-order valence-electron chi connectivity index (χ0n) is 16.2. The lowest BCUT2D eigenvalue weighted by atomic mass is 10.1. The molecule has 0 aliphatic carbocycles. The number of carbonyl (C=O) groups is 1. The van der Waals surface area contributed by atoms with Crippen molar-refractivity contribution in [2.45, 2.75) is 25.7 Å². The Morgan fingerprint density at radius 1 is 1.13 bits per heavy atom. The average molecular weight is 454 g/mol. The van der Waals surface area contributed by atoms with Gasteiger partial charge in [0, 0.05) is 23.1 Å². The minimum atomic E-state index is -4.75. The number of aliphatic hydroxyl groups excluding tert-OH is 1. The number of ether oxygens (including phenoxy) is 1. The third kappa shape index (κ3) is 6.73. The Balaban J connectivity index is 1.62. The molecular formula is C21H19ClF3N3O3. The summed E-state index contributed by atoms with van der Waals surface area (Å²) in [6.07, 6.45) is -4.31. The van der Waals surface area contributed by atoms with Crippen LogP contribution < -0.4 is 10.1 Å². The summed E-state index contributed by atoms with van der Waals surface area (Å²) in [5, 5.41) is 17.0. The molecule has 0 saturated carbocycles. The third-order valence-electron chi connectivity index (χ3n) is 4.30. The van der Waals surface area contributed by atoms with Gasteiger partial charge in [-0.1, -0.05) is 35.9 Å². The Bertz CT molecular complexity index is 1020. The molecule has 2 aromatic carbocycles. The fourth-order valence-corrected chi connectivity index (χ4v) is 2.99. The topological polar surface area (TPSA) is 76.4 Å². The molecule has 0 saturated heterocycles. The quantitative estimate of drug-likeness (QED) is 0.520. The first kappa shape index (κ1) is 22.6. The second kappa shape index (κ2) is 9.84. The van der Waals surface area contributed by atoms with Crippen LogP contribution in [0, 0.1) is 0 Å². The summed E-state index contributed by atoms with van der Waals surface area (Å²) in [5.41, 5.74) is 2.11. The number of rotatable bonds is 8. The summed E-state index contributed by atoms with van der Waals surface area (Å²) in [6, 6.07) is 14.1. The summed E-state index contributed by atoms with van der Waals surface area (Å²) in [7, 11) is 0. The Kier molecular flexibility index (Phi) is 7.19. The maximum Gasteiger partial charge on any atom is 0.573 e. The molecule has 1 amide bonds. The number of aryl methyl sites for hydroxylation is 1. The SMILES string of the molecule is O=C(CCc1ccc(OC(F)(F)F)cc1)Nc1cc(-c2ccc(Cl)cc2)nn1CCO. The Morgan fingerprint density at radius 3 is 2.42 bits per heavy atom. The van der Waals surface area contributed by atoms with Crippen LogP contribution in [0.3, 0.4) is 0 Å². The summed E-state index contributed by atoms with van der Waals surface area (Å²) in [4.78, 5) is 12.4. The Hall–Kier alpha value is -3.04. The number of hydrogen-bond donors (Lipinski definition) is 2. The lowest BCUT2D eigenvalue weighted by molar-refractivity contribution is -0.274. The number of alkyl halides is 3. The van der Waals surface area contributed by atoms with Crippen LogP contribution in [0.15, 0.2) is 54.6 Å². The van der Waals surface area contributed by atoms with Crippen LogP contribution >= 0.6 is 11.6 Å². The molecule has 31 heavy (non-hydrogen) atoms. The van der Waals surface area contributed by atoms with Gasteiger partial charge in [-0.25, -0.2) is 4.68 Å². The van der Waals surface area contributed by atoms with Crippen molar-refractivity contribution in [2.24, 2.45) is 0 Å². The number of carbonyl (C=O) groups excluding carboxylic acids is 1. The Labute approximate surface area is 181 Å². The van der Waals surface area contributed by atoms with Crippen molar-refractivity contribution in [3.05, 3.63) is 65.2 Å². The standard InChI is InChI=1S/C21H19ClF3N3O3/c22-16-6-4-15(5-7-16)18-13-19(28(27-18)11-12-29)26-20(30)10-3-14-1-8-17(9-2-14)31-21(23,24)25/h1-2,4-9,13,29H,3,10-12H2,(H,26,30). The van der Waals surface area contributed by atoms with Crippen LogP contribution in [0.4, 0.5) is 19.0 Å². The maximum absolute atomic E-state index is 12.4. The number of aliphatic hydroxyl groups is 1. The van der Waals surface area contributed by atoms with E-state index >= 15 is 0 Å². The molecule has 0 bridgehead atoms. The predicted octanol–water partition coefficient (Wildman–Crippen LogP) is 4.67. The molecule has 3 aromatic rings. The first-order chi connectivity index (χ1) is 14.7. The number of aromatic nitrogens is 2. The number of halogens is 4. The summed E-state index contributed by atoms with van der Waals surface area (Å²) < 4.78 is 42.0. The lowest BCUT2D eigenvalue weighted by Crippen LogP contribution is -2.17. The number of anilines is 1. The van der Waals surface area contributed by atoms with E-state index in [4.69, 9.17) is 11.6 Å². The number of nitrogens with zero attached hydrogens (tertiary/aromatic N) is 2. The van der Waals surface area contributed by atoms with Crippen molar-refractivity contribution in [3.63, 3.8) is 0 Å². The third-order valence-corrected chi connectivity index (χ3v) is 4.55. The molecule has 0 spiro atoms. The molecule has 2 N–H and O–H groups in total. The zero-order valence-corrected chi connectivity index (χ0v) is 17.0. The first-order valence-corrected chi connectivity index (χ1v) is 9.70. The highest BCUT2D eigenvalue weighted by atomic mass is 35.5. The molecule has 10 heteroatoms. The van der Waals surface area contributed by atoms with E-state index in [1.165, 1.54) is 28.9 Å².